The van der Waals surface area contributed by atoms with Gasteiger partial charge in [0.05, 0.1) is 31.5 Å². The molecule has 0 aliphatic heterocycles. The van der Waals surface area contributed by atoms with Gasteiger partial charge in [0.15, 0.2) is 11.7 Å². The predicted octanol–water partition coefficient (Wildman–Crippen LogP) is 10.0. The number of rotatable bonds is 4. The van der Waals surface area contributed by atoms with Gasteiger partial charge in [-0.05, 0) is 47.4 Å². The summed E-state index contributed by atoms with van der Waals surface area (Å²) >= 11 is 0. The zero-order chi connectivity index (χ0) is 49.5. The molecule has 0 bridgehead atoms. The van der Waals surface area contributed by atoms with Crippen molar-refractivity contribution >= 4 is 61.8 Å². The molecule has 0 amide bonds. The quantitative estimate of drug-likeness (QED) is 0.164. The maximum Gasteiger partial charge on any atom is 0.161 e. The molecule has 6 aromatic carbocycles. The molecule has 8 aromatic rings. The molecular weight excluding hydrogens is 542 g/mol. The van der Waals surface area contributed by atoms with E-state index in [4.69, 9.17) is 44.4 Å². The predicted molar refractivity (Wildman–Crippen MR) is 180 cm³/mol. The minimum Gasteiger partial charge on any atom is -0.456 e. The summed E-state index contributed by atoms with van der Waals surface area (Å²) in [5, 5.41) is 7.24. The van der Waals surface area contributed by atoms with E-state index in [9.17, 15) is 1.37 Å². The molecular formula is C39H25N3O2. The fourth-order valence-corrected chi connectivity index (χ4v) is 4.37. The number of nitrogens with one attached hydrogen (secondary N) is 1. The van der Waals surface area contributed by atoms with Crippen LogP contribution in [0, 0.1) is 5.41 Å². The third kappa shape index (κ3) is 4.48. The normalized spacial score (nSPS) is 19.5. The van der Waals surface area contributed by atoms with Crippen molar-refractivity contribution in [1.29, 1.82) is 5.41 Å². The van der Waals surface area contributed by atoms with Crippen molar-refractivity contribution < 1.29 is 40.4 Å². The van der Waals surface area contributed by atoms with Gasteiger partial charge < -0.3 is 8.83 Å². The van der Waals surface area contributed by atoms with E-state index in [0.29, 0.717) is 0 Å². The molecule has 44 heavy (non-hydrogen) atoms. The van der Waals surface area contributed by atoms with Gasteiger partial charge in [-0.3, -0.25) is 5.41 Å². The summed E-state index contributed by atoms with van der Waals surface area (Å²) in [5.41, 5.74) is -5.54. The van der Waals surface area contributed by atoms with Crippen LogP contribution in [0.2, 0.25) is 0 Å². The van der Waals surface area contributed by atoms with Crippen molar-refractivity contribution in [2.45, 2.75) is 0 Å². The minimum absolute atomic E-state index is 0.322. The average Bonchev–Trinajstić information content (AvgIpc) is 3.90. The van der Waals surface area contributed by atoms with Crippen LogP contribution in [0.3, 0.4) is 0 Å². The van der Waals surface area contributed by atoms with E-state index in [1.54, 1.807) is 0 Å². The summed E-state index contributed by atoms with van der Waals surface area (Å²) in [6.07, 6.45) is 0.740. The number of aliphatic imine (C=N–C) groups is 2. The summed E-state index contributed by atoms with van der Waals surface area (Å²) < 4.78 is 209. The lowest BCUT2D eigenvalue weighted by molar-refractivity contribution is 0.668. The maximum atomic E-state index is 9.59. The molecule has 5 nitrogen and oxygen atoms in total. The van der Waals surface area contributed by atoms with E-state index < -0.39 is 212 Å². The molecule has 1 N–H and O–H groups in total. The number of nitrogens with zero attached hydrogens (tertiary/aromatic N) is 2. The second kappa shape index (κ2) is 10.6. The highest BCUT2D eigenvalue weighted by molar-refractivity contribution is 6.18. The number of amidine groups is 2. The van der Waals surface area contributed by atoms with E-state index in [1.165, 1.54) is 0 Å². The van der Waals surface area contributed by atoms with Crippen molar-refractivity contribution in [1.82, 2.24) is 0 Å². The Hall–Kier alpha value is -6.07. The van der Waals surface area contributed by atoms with Crippen LogP contribution in [-0.2, 0) is 0 Å². The average molecular weight is 591 g/mol. The molecule has 0 aliphatic carbocycles. The molecule has 0 spiro atoms. The molecule has 0 aliphatic rings. The van der Waals surface area contributed by atoms with E-state index in [1.807, 2.05) is 0 Å². The number of para-hydroxylation sites is 2. The zero-order valence-electron chi connectivity index (χ0n) is 44.8. The first-order chi connectivity index (χ1) is 31.3. The standard InChI is InChI=1S/C39H25N3O2/c40-38(26-13-5-2-6-14-26)42-39(41-24-28-15-9-18-31-30-16-7-8-19-33(30)44-37(28)31)27-21-22-34-32(23-27)36-29(17-10-20-35(36)43-34)25-11-3-1-4-12-25/h1-24,40H/i1D,2D,3D,4D,5D,6D,7D,8D,9D,10D,11D,12D,13D,14D,15D,16D,17D,18D,19D,20D,21D,22D,23D. The first-order valence-electron chi connectivity index (χ1n) is 24.0. The van der Waals surface area contributed by atoms with Gasteiger partial charge in [-0.1, -0.05) is 103 Å². The van der Waals surface area contributed by atoms with E-state index in [2.05, 4.69) is 9.98 Å². The molecule has 5 heteroatoms. The summed E-state index contributed by atoms with van der Waals surface area (Å²) in [6, 6.07) is -18.9. The number of hydrogen-bond donors (Lipinski definition) is 1. The number of fused-ring (bicyclic) bond motifs is 6. The van der Waals surface area contributed by atoms with Crippen LogP contribution in [0.25, 0.3) is 55.0 Å². The van der Waals surface area contributed by atoms with Gasteiger partial charge in [0.2, 0.25) is 0 Å². The first kappa shape index (κ1) is 11.2. The van der Waals surface area contributed by atoms with Crippen LogP contribution in [0.15, 0.2) is 158 Å². The minimum atomic E-state index is -1.13. The van der Waals surface area contributed by atoms with Crippen LogP contribution >= 0.6 is 0 Å². The highest BCUT2D eigenvalue weighted by Gasteiger charge is 2.15. The molecule has 0 unspecified atom stereocenters. The Labute approximate surface area is 285 Å². The summed E-state index contributed by atoms with van der Waals surface area (Å²) in [5.74, 6) is -2.08. The third-order valence-corrected chi connectivity index (χ3v) is 6.28. The largest absolute Gasteiger partial charge is 0.456 e. The van der Waals surface area contributed by atoms with Crippen molar-refractivity contribution in [3.8, 4) is 11.1 Å². The molecule has 0 saturated heterocycles. The lowest BCUT2D eigenvalue weighted by Gasteiger charge is -2.06. The third-order valence-electron chi connectivity index (χ3n) is 6.28. The fraction of sp³-hybridized carbons (Fsp3) is 0. The highest BCUT2D eigenvalue weighted by atomic mass is 16.3. The Kier molecular flexibility index (Phi) is 2.71. The Morgan fingerprint density at radius 2 is 1.32 bits per heavy atom. The monoisotopic (exact) mass is 590 g/mol. The smallest absolute Gasteiger partial charge is 0.161 e. The van der Waals surface area contributed by atoms with Crippen LogP contribution in [0.4, 0.5) is 0 Å². The molecule has 0 atom stereocenters. The highest BCUT2D eigenvalue weighted by Crippen LogP contribution is 2.37. The Balaban J connectivity index is 1.53. The van der Waals surface area contributed by atoms with Gasteiger partial charge in [0.1, 0.15) is 22.3 Å². The van der Waals surface area contributed by atoms with Crippen LogP contribution in [0.1, 0.15) is 48.2 Å². The second-order valence-electron chi connectivity index (χ2n) is 8.85. The van der Waals surface area contributed by atoms with Gasteiger partial charge >= 0.3 is 0 Å². The summed E-state index contributed by atoms with van der Waals surface area (Å²) in [7, 11) is 0. The summed E-state index contributed by atoms with van der Waals surface area (Å²) in [6.45, 7) is 0. The molecule has 2 heterocycles. The number of furan rings is 2. The molecule has 2 aromatic heterocycles. The van der Waals surface area contributed by atoms with E-state index in [0.717, 1.165) is 6.21 Å². The fourth-order valence-electron chi connectivity index (χ4n) is 4.37. The van der Waals surface area contributed by atoms with Crippen molar-refractivity contribution in [2.75, 3.05) is 0 Å². The topological polar surface area (TPSA) is 74.8 Å². The molecule has 0 saturated carbocycles. The molecule has 0 radical (unpaired) electrons. The molecule has 0 fully saturated rings. The van der Waals surface area contributed by atoms with Gasteiger partial charge in [0.25, 0.3) is 0 Å². The first-order valence-corrected chi connectivity index (χ1v) is 12.5. The number of hydrogen-bond acceptors (Lipinski definition) is 3. The summed E-state index contributed by atoms with van der Waals surface area (Å²) in [4.78, 5) is 8.35. The lowest BCUT2D eigenvalue weighted by Crippen LogP contribution is -2.04. The Bertz CT molecular complexity index is 3650. The van der Waals surface area contributed by atoms with Crippen molar-refractivity contribution in [3.05, 3.63) is 156 Å². The second-order valence-corrected chi connectivity index (χ2v) is 8.85. The van der Waals surface area contributed by atoms with Crippen LogP contribution in [0.5, 0.6) is 0 Å². The Morgan fingerprint density at radius 1 is 0.614 bits per heavy atom. The van der Waals surface area contributed by atoms with E-state index in [-0.39, 0.29) is 10.8 Å². The van der Waals surface area contributed by atoms with Gasteiger partial charge in [-0.15, -0.1) is 0 Å². The number of benzene rings is 6. The molecule has 208 valence electrons. The van der Waals surface area contributed by atoms with Crippen LogP contribution in [-0.4, -0.2) is 17.9 Å². The van der Waals surface area contributed by atoms with Crippen molar-refractivity contribution in [2.24, 2.45) is 9.98 Å². The van der Waals surface area contributed by atoms with Crippen LogP contribution < -0.4 is 0 Å². The van der Waals surface area contributed by atoms with Gasteiger partial charge in [0, 0.05) is 44.4 Å². The SMILES string of the molecule is [2H]c1c([2H])c([2H])c(C(=N)N=C(N=Cc2c([2H])c([2H])c([2H])c3c2oc2c([2H])c([2H])c([2H])c([2H])c23)c2c([2H])c([2H])c3oc4c([2H])c([2H])c([2H])c(-c5c([2H])c([2H])c([2H])c([2H])c5[2H])c4c3c2[2H])c([2H])c1[2H]. The Morgan fingerprint density at radius 3 is 2.18 bits per heavy atom. The zero-order valence-corrected chi connectivity index (χ0v) is 21.8. The maximum absolute atomic E-state index is 9.59. The molecule has 8 rings (SSSR count). The van der Waals surface area contributed by atoms with Gasteiger partial charge in [-0.2, -0.15) is 0 Å². The van der Waals surface area contributed by atoms with Gasteiger partial charge in [-0.25, -0.2) is 9.98 Å². The van der Waals surface area contributed by atoms with E-state index >= 15 is 0 Å². The lowest BCUT2D eigenvalue weighted by atomic mass is 9.99. The van der Waals surface area contributed by atoms with Crippen molar-refractivity contribution in [3.63, 3.8) is 0 Å².